The predicted molar refractivity (Wildman–Crippen MR) is 90.0 cm³/mol. The van der Waals surface area contributed by atoms with Crippen LogP contribution in [0, 0.1) is 0 Å². The molecular formula is C19H19NO3. The van der Waals surface area contributed by atoms with Crippen molar-refractivity contribution in [1.29, 1.82) is 0 Å². The summed E-state index contributed by atoms with van der Waals surface area (Å²) in [6.07, 6.45) is 6.66. The lowest BCUT2D eigenvalue weighted by Gasteiger charge is -2.06. The number of rotatable bonds is 3. The van der Waals surface area contributed by atoms with Crippen molar-refractivity contribution in [2.24, 2.45) is 0 Å². The molecule has 3 aromatic rings. The molecule has 0 bridgehead atoms. The molecule has 1 saturated carbocycles. The first kappa shape index (κ1) is 14.1. The molecule has 2 heterocycles. The van der Waals surface area contributed by atoms with E-state index in [1.807, 2.05) is 18.2 Å². The number of pyridine rings is 1. The minimum absolute atomic E-state index is 0.0997. The van der Waals surface area contributed by atoms with E-state index in [-0.39, 0.29) is 5.56 Å². The summed E-state index contributed by atoms with van der Waals surface area (Å²) >= 11 is 0. The Morgan fingerprint density at radius 1 is 1.17 bits per heavy atom. The Morgan fingerprint density at radius 2 is 2.00 bits per heavy atom. The molecule has 23 heavy (non-hydrogen) atoms. The first-order chi connectivity index (χ1) is 11.3. The molecule has 2 aromatic heterocycles. The number of aromatic amines is 1. The summed E-state index contributed by atoms with van der Waals surface area (Å²) < 4.78 is 11.6. The van der Waals surface area contributed by atoms with Gasteiger partial charge in [-0.1, -0.05) is 12.8 Å². The number of hydrogen-bond acceptors (Lipinski definition) is 3. The molecule has 1 fully saturated rings. The molecule has 0 atom stereocenters. The molecule has 4 heteroatoms. The van der Waals surface area contributed by atoms with E-state index in [1.165, 1.54) is 25.7 Å². The highest BCUT2D eigenvalue weighted by molar-refractivity contribution is 5.97. The van der Waals surface area contributed by atoms with Crippen molar-refractivity contribution in [3.05, 3.63) is 52.6 Å². The summed E-state index contributed by atoms with van der Waals surface area (Å²) in [4.78, 5) is 14.0. The molecule has 0 radical (unpaired) electrons. The first-order valence-corrected chi connectivity index (χ1v) is 8.06. The highest BCUT2D eigenvalue weighted by atomic mass is 16.5. The zero-order valence-electron chi connectivity index (χ0n) is 13.1. The lowest BCUT2D eigenvalue weighted by Crippen LogP contribution is -2.01. The zero-order valence-corrected chi connectivity index (χ0v) is 13.1. The molecule has 0 amide bonds. The van der Waals surface area contributed by atoms with Crippen LogP contribution in [0.1, 0.15) is 37.4 Å². The standard InChI is InChI=1S/C19H19NO3/c1-22-16-8-7-14(13-6-9-18(21)20-11-13)15-10-17(23-19(15)16)12-4-2-3-5-12/h6-12H,2-5H2,1H3,(H,20,21). The molecule has 118 valence electrons. The fourth-order valence-corrected chi connectivity index (χ4v) is 3.52. The molecule has 1 aromatic carbocycles. The van der Waals surface area contributed by atoms with Gasteiger partial charge in [0.2, 0.25) is 5.56 Å². The highest BCUT2D eigenvalue weighted by Crippen LogP contribution is 2.41. The number of furan rings is 1. The van der Waals surface area contributed by atoms with Crippen LogP contribution >= 0.6 is 0 Å². The van der Waals surface area contributed by atoms with Gasteiger partial charge in [-0.3, -0.25) is 4.79 Å². The lowest BCUT2D eigenvalue weighted by atomic mass is 10.0. The number of ether oxygens (including phenoxy) is 1. The van der Waals surface area contributed by atoms with E-state index in [9.17, 15) is 4.79 Å². The number of benzene rings is 1. The minimum atomic E-state index is -0.0997. The van der Waals surface area contributed by atoms with Gasteiger partial charge in [0, 0.05) is 23.6 Å². The smallest absolute Gasteiger partial charge is 0.247 e. The van der Waals surface area contributed by atoms with Crippen molar-refractivity contribution in [3.63, 3.8) is 0 Å². The molecule has 1 N–H and O–H groups in total. The van der Waals surface area contributed by atoms with Gasteiger partial charge in [0.25, 0.3) is 0 Å². The van der Waals surface area contributed by atoms with Crippen LogP contribution in [0.5, 0.6) is 5.75 Å². The normalized spacial score (nSPS) is 15.3. The van der Waals surface area contributed by atoms with Gasteiger partial charge >= 0.3 is 0 Å². The summed E-state index contributed by atoms with van der Waals surface area (Å²) in [5.41, 5.74) is 2.71. The second-order valence-corrected chi connectivity index (χ2v) is 6.13. The van der Waals surface area contributed by atoms with E-state index >= 15 is 0 Å². The predicted octanol–water partition coefficient (Wildman–Crippen LogP) is 4.45. The molecule has 1 aliphatic carbocycles. The maximum absolute atomic E-state index is 11.3. The lowest BCUT2D eigenvalue weighted by molar-refractivity contribution is 0.404. The van der Waals surface area contributed by atoms with Crippen LogP contribution in [0.3, 0.4) is 0 Å². The van der Waals surface area contributed by atoms with Crippen LogP contribution in [-0.2, 0) is 0 Å². The van der Waals surface area contributed by atoms with Gasteiger partial charge in [-0.25, -0.2) is 0 Å². The maximum atomic E-state index is 11.3. The third kappa shape index (κ3) is 2.44. The van der Waals surface area contributed by atoms with Gasteiger partial charge in [0.15, 0.2) is 11.3 Å². The van der Waals surface area contributed by atoms with Gasteiger partial charge in [-0.05, 0) is 48.2 Å². The molecule has 4 rings (SSSR count). The number of hydrogen-bond donors (Lipinski definition) is 1. The maximum Gasteiger partial charge on any atom is 0.247 e. The van der Waals surface area contributed by atoms with Gasteiger partial charge in [0.05, 0.1) is 7.11 Å². The van der Waals surface area contributed by atoms with E-state index in [4.69, 9.17) is 9.15 Å². The Hall–Kier alpha value is -2.49. The topological polar surface area (TPSA) is 55.2 Å². The average molecular weight is 309 g/mol. The Bertz CT molecular complexity index is 880. The monoisotopic (exact) mass is 309 g/mol. The van der Waals surface area contributed by atoms with Gasteiger partial charge in [0.1, 0.15) is 5.76 Å². The van der Waals surface area contributed by atoms with Crippen molar-refractivity contribution in [3.8, 4) is 16.9 Å². The van der Waals surface area contributed by atoms with Crippen molar-refractivity contribution in [2.75, 3.05) is 7.11 Å². The van der Waals surface area contributed by atoms with Crippen LogP contribution in [0.4, 0.5) is 0 Å². The Kier molecular flexibility index (Phi) is 3.45. The van der Waals surface area contributed by atoms with E-state index in [1.54, 1.807) is 19.4 Å². The van der Waals surface area contributed by atoms with Crippen LogP contribution in [0.15, 0.2) is 45.7 Å². The van der Waals surface area contributed by atoms with Crippen molar-refractivity contribution < 1.29 is 9.15 Å². The largest absolute Gasteiger partial charge is 0.493 e. The molecule has 0 unspecified atom stereocenters. The van der Waals surface area contributed by atoms with E-state index in [0.29, 0.717) is 5.92 Å². The number of nitrogens with one attached hydrogen (secondary N) is 1. The van der Waals surface area contributed by atoms with Crippen LogP contribution < -0.4 is 10.3 Å². The first-order valence-electron chi connectivity index (χ1n) is 8.06. The summed E-state index contributed by atoms with van der Waals surface area (Å²) in [6, 6.07) is 9.47. The van der Waals surface area contributed by atoms with Gasteiger partial charge < -0.3 is 14.1 Å². The molecule has 4 nitrogen and oxygen atoms in total. The number of methoxy groups -OCH3 is 1. The Balaban J connectivity index is 1.90. The highest BCUT2D eigenvalue weighted by Gasteiger charge is 2.23. The number of fused-ring (bicyclic) bond motifs is 1. The van der Waals surface area contributed by atoms with Crippen LogP contribution in [0.25, 0.3) is 22.1 Å². The molecule has 0 aliphatic heterocycles. The van der Waals surface area contributed by atoms with E-state index in [0.717, 1.165) is 33.6 Å². The Morgan fingerprint density at radius 3 is 2.70 bits per heavy atom. The minimum Gasteiger partial charge on any atom is -0.493 e. The van der Waals surface area contributed by atoms with Crippen molar-refractivity contribution >= 4 is 11.0 Å². The van der Waals surface area contributed by atoms with Crippen molar-refractivity contribution in [2.45, 2.75) is 31.6 Å². The molecule has 0 saturated heterocycles. The third-order valence-corrected chi connectivity index (χ3v) is 4.74. The fourth-order valence-electron chi connectivity index (χ4n) is 3.52. The summed E-state index contributed by atoms with van der Waals surface area (Å²) in [7, 11) is 1.66. The summed E-state index contributed by atoms with van der Waals surface area (Å²) in [5, 5.41) is 1.04. The fraction of sp³-hybridized carbons (Fsp3) is 0.316. The van der Waals surface area contributed by atoms with E-state index in [2.05, 4.69) is 11.1 Å². The average Bonchev–Trinajstić information content (AvgIpc) is 3.24. The molecule has 0 spiro atoms. The van der Waals surface area contributed by atoms with Crippen LogP contribution in [0.2, 0.25) is 0 Å². The molecule has 1 aliphatic rings. The quantitative estimate of drug-likeness (QED) is 0.777. The summed E-state index contributed by atoms with van der Waals surface area (Å²) in [6.45, 7) is 0. The Labute approximate surface area is 134 Å². The summed E-state index contributed by atoms with van der Waals surface area (Å²) in [5.74, 6) is 2.31. The van der Waals surface area contributed by atoms with E-state index < -0.39 is 0 Å². The second-order valence-electron chi connectivity index (χ2n) is 6.13. The third-order valence-electron chi connectivity index (χ3n) is 4.74. The second kappa shape index (κ2) is 5.61. The zero-order chi connectivity index (χ0) is 15.8. The van der Waals surface area contributed by atoms with Crippen LogP contribution in [-0.4, -0.2) is 12.1 Å². The molecular weight excluding hydrogens is 290 g/mol. The van der Waals surface area contributed by atoms with Gasteiger partial charge in [-0.15, -0.1) is 0 Å². The SMILES string of the molecule is COc1ccc(-c2ccc(=O)[nH]c2)c2cc(C3CCCC3)oc12. The van der Waals surface area contributed by atoms with Gasteiger partial charge in [-0.2, -0.15) is 0 Å². The van der Waals surface area contributed by atoms with Crippen molar-refractivity contribution in [1.82, 2.24) is 4.98 Å². The number of aromatic nitrogens is 1. The number of H-pyrrole nitrogens is 1.